The minimum Gasteiger partial charge on any atom is -0.390 e. The Morgan fingerprint density at radius 3 is 2.03 bits per heavy atom. The Morgan fingerprint density at radius 1 is 0.906 bits per heavy atom. The van der Waals surface area contributed by atoms with Crippen LogP contribution in [-0.4, -0.2) is 32.6 Å². The van der Waals surface area contributed by atoms with E-state index in [1.54, 1.807) is 0 Å². The van der Waals surface area contributed by atoms with E-state index in [1.165, 1.54) is 10.4 Å². The summed E-state index contributed by atoms with van der Waals surface area (Å²) in [4.78, 5) is 14.4. The fourth-order valence-electron chi connectivity index (χ4n) is 3.68. The van der Waals surface area contributed by atoms with E-state index >= 15 is 0 Å². The zero-order valence-electron chi connectivity index (χ0n) is 18.0. The van der Waals surface area contributed by atoms with E-state index < -0.39 is 0 Å². The van der Waals surface area contributed by atoms with Gasteiger partial charge in [-0.3, -0.25) is 4.79 Å². The van der Waals surface area contributed by atoms with E-state index in [-0.39, 0.29) is 29.8 Å². The Balaban J connectivity index is 1.55. The van der Waals surface area contributed by atoms with E-state index in [0.717, 1.165) is 23.2 Å². The van der Waals surface area contributed by atoms with Crippen molar-refractivity contribution >= 4 is 5.91 Å². The number of nitrogens with one attached hydrogen (secondary N) is 1. The van der Waals surface area contributed by atoms with Gasteiger partial charge >= 0.3 is 0 Å². The Hall–Kier alpha value is -3.77. The van der Waals surface area contributed by atoms with Crippen LogP contribution in [-0.2, 0) is 13.0 Å². The van der Waals surface area contributed by atoms with Crippen molar-refractivity contribution in [1.82, 2.24) is 20.3 Å². The van der Waals surface area contributed by atoms with E-state index in [1.807, 2.05) is 60.7 Å². The predicted octanol–water partition coefficient (Wildman–Crippen LogP) is 3.88. The van der Waals surface area contributed by atoms with Crippen LogP contribution in [0.4, 0.5) is 0 Å². The highest BCUT2D eigenvalue weighted by atomic mass is 16.3. The molecule has 0 bridgehead atoms. The minimum atomic E-state index is -0.364. The topological polar surface area (TPSA) is 80.0 Å². The molecule has 3 aromatic carbocycles. The molecule has 0 saturated carbocycles. The van der Waals surface area contributed by atoms with Crippen LogP contribution in [0.25, 0.3) is 5.69 Å². The number of amides is 1. The number of nitrogens with zero attached hydrogens (tertiary/aromatic N) is 3. The first kappa shape index (κ1) is 21.5. The number of benzene rings is 3. The second kappa shape index (κ2) is 10.0. The number of rotatable bonds is 8. The average Bonchev–Trinajstić information content (AvgIpc) is 3.30. The van der Waals surface area contributed by atoms with Crippen molar-refractivity contribution in [3.05, 3.63) is 113 Å². The molecule has 162 valence electrons. The van der Waals surface area contributed by atoms with Crippen LogP contribution in [0.3, 0.4) is 0 Å². The molecule has 4 aromatic rings. The number of carbonyl (C=O) groups is 1. The Bertz CT molecular complexity index is 1120. The summed E-state index contributed by atoms with van der Waals surface area (Å²) in [5.74, 6) is -0.363. The Kier molecular flexibility index (Phi) is 6.72. The average molecular weight is 427 g/mol. The van der Waals surface area contributed by atoms with Crippen molar-refractivity contribution < 1.29 is 9.90 Å². The number of hydrogen-bond donors (Lipinski definition) is 2. The van der Waals surface area contributed by atoms with Crippen molar-refractivity contribution in [1.29, 1.82) is 0 Å². The van der Waals surface area contributed by atoms with Gasteiger partial charge < -0.3 is 10.4 Å². The zero-order valence-corrected chi connectivity index (χ0v) is 18.0. The molecule has 1 aromatic heterocycles. The lowest BCUT2D eigenvalue weighted by atomic mass is 9.91. The van der Waals surface area contributed by atoms with E-state index in [2.05, 4.69) is 46.7 Å². The minimum absolute atomic E-state index is 0.00411. The summed E-state index contributed by atoms with van der Waals surface area (Å²) in [6.45, 7) is 2.12. The van der Waals surface area contributed by atoms with Crippen molar-refractivity contribution in [3.8, 4) is 5.69 Å². The van der Waals surface area contributed by atoms with Crippen molar-refractivity contribution in [2.75, 3.05) is 6.54 Å². The first-order valence-electron chi connectivity index (χ1n) is 10.7. The summed E-state index contributed by atoms with van der Waals surface area (Å²) in [5.41, 5.74) is 4.54. The maximum Gasteiger partial charge on any atom is 0.273 e. The molecule has 1 heterocycles. The molecule has 4 rings (SSSR count). The second-order valence-corrected chi connectivity index (χ2v) is 7.55. The third-order valence-corrected chi connectivity index (χ3v) is 5.49. The van der Waals surface area contributed by atoms with Crippen LogP contribution in [0, 0.1) is 0 Å². The molecule has 0 atom stereocenters. The number of aliphatic hydroxyl groups excluding tert-OH is 1. The van der Waals surface area contributed by atoms with E-state index in [9.17, 15) is 9.90 Å². The lowest BCUT2D eigenvalue weighted by Crippen LogP contribution is -2.30. The smallest absolute Gasteiger partial charge is 0.273 e. The molecular weight excluding hydrogens is 400 g/mol. The van der Waals surface area contributed by atoms with Crippen LogP contribution in [0.5, 0.6) is 0 Å². The number of aryl methyl sites for hydroxylation is 1. The van der Waals surface area contributed by atoms with Crippen LogP contribution >= 0.6 is 0 Å². The first-order chi connectivity index (χ1) is 15.7. The van der Waals surface area contributed by atoms with Gasteiger partial charge in [-0.1, -0.05) is 79.7 Å². The van der Waals surface area contributed by atoms with Gasteiger partial charge in [0.05, 0.1) is 12.3 Å². The number of hydrogen-bond acceptors (Lipinski definition) is 4. The molecule has 0 aliphatic heterocycles. The van der Waals surface area contributed by atoms with Gasteiger partial charge in [0, 0.05) is 12.5 Å². The zero-order chi connectivity index (χ0) is 22.3. The summed E-state index contributed by atoms with van der Waals surface area (Å²) in [6.07, 6.45) is 0.937. The maximum atomic E-state index is 13.0. The highest BCUT2D eigenvalue weighted by Gasteiger charge is 2.21. The molecule has 0 aliphatic rings. The van der Waals surface area contributed by atoms with Crippen LogP contribution in [0.2, 0.25) is 0 Å². The molecular formula is C26H26N4O2. The normalized spacial score (nSPS) is 11.0. The van der Waals surface area contributed by atoms with Crippen molar-refractivity contribution in [2.45, 2.75) is 25.9 Å². The molecule has 32 heavy (non-hydrogen) atoms. The molecule has 0 fully saturated rings. The van der Waals surface area contributed by atoms with Crippen molar-refractivity contribution in [2.24, 2.45) is 0 Å². The van der Waals surface area contributed by atoms with Gasteiger partial charge in [0.2, 0.25) is 0 Å². The summed E-state index contributed by atoms with van der Waals surface area (Å²) in [6, 6.07) is 28.0. The van der Waals surface area contributed by atoms with Crippen molar-refractivity contribution in [3.63, 3.8) is 0 Å². The third kappa shape index (κ3) is 4.76. The lowest BCUT2D eigenvalue weighted by molar-refractivity contribution is 0.0944. The molecule has 0 spiro atoms. The summed E-state index contributed by atoms with van der Waals surface area (Å²) >= 11 is 0. The molecule has 0 saturated heterocycles. The molecule has 0 aliphatic carbocycles. The molecule has 0 radical (unpaired) electrons. The SMILES string of the molecule is CCc1ccc(-n2nc(CO)c(C(=O)NCC(c3ccccc3)c3ccccc3)n2)cc1. The van der Waals surface area contributed by atoms with Gasteiger partial charge in [0.25, 0.3) is 5.91 Å². The van der Waals surface area contributed by atoms with E-state index in [4.69, 9.17) is 0 Å². The number of aromatic nitrogens is 3. The predicted molar refractivity (Wildman–Crippen MR) is 124 cm³/mol. The lowest BCUT2D eigenvalue weighted by Gasteiger charge is -2.18. The number of aliphatic hydroxyl groups is 1. The van der Waals surface area contributed by atoms with E-state index in [0.29, 0.717) is 6.54 Å². The monoisotopic (exact) mass is 426 g/mol. The van der Waals surface area contributed by atoms with Gasteiger partial charge in [0.1, 0.15) is 5.69 Å². The molecule has 1 amide bonds. The summed E-state index contributed by atoms with van der Waals surface area (Å²) in [5, 5.41) is 21.4. The number of carbonyl (C=O) groups excluding carboxylic acids is 1. The fraction of sp³-hybridized carbons (Fsp3) is 0.192. The standard InChI is InChI=1S/C26H26N4O2/c1-2-19-13-15-22(16-14-19)30-28-24(18-31)25(29-30)26(32)27-17-23(20-9-5-3-6-10-20)21-11-7-4-8-12-21/h3-16,23,31H,2,17-18H2,1H3,(H,27,32). The summed E-state index contributed by atoms with van der Waals surface area (Å²) < 4.78 is 0. The molecule has 6 heteroatoms. The summed E-state index contributed by atoms with van der Waals surface area (Å²) in [7, 11) is 0. The van der Waals surface area contributed by atoms with Crippen LogP contribution in [0.15, 0.2) is 84.9 Å². The van der Waals surface area contributed by atoms with Gasteiger partial charge in [-0.05, 0) is 35.2 Å². The van der Waals surface area contributed by atoms with Crippen LogP contribution in [0.1, 0.15) is 45.7 Å². The molecule has 6 nitrogen and oxygen atoms in total. The maximum absolute atomic E-state index is 13.0. The van der Waals surface area contributed by atoms with Crippen LogP contribution < -0.4 is 5.32 Å². The second-order valence-electron chi connectivity index (χ2n) is 7.55. The highest BCUT2D eigenvalue weighted by molar-refractivity contribution is 5.93. The largest absolute Gasteiger partial charge is 0.390 e. The first-order valence-corrected chi connectivity index (χ1v) is 10.7. The van der Waals surface area contributed by atoms with Gasteiger partial charge in [-0.15, -0.1) is 10.2 Å². The highest BCUT2D eigenvalue weighted by Crippen LogP contribution is 2.24. The quantitative estimate of drug-likeness (QED) is 0.448. The van der Waals surface area contributed by atoms with Gasteiger partial charge in [-0.25, -0.2) is 0 Å². The molecule has 2 N–H and O–H groups in total. The molecule has 0 unspecified atom stereocenters. The Morgan fingerprint density at radius 2 is 1.50 bits per heavy atom. The van der Waals surface area contributed by atoms with Gasteiger partial charge in [0.15, 0.2) is 5.69 Å². The van der Waals surface area contributed by atoms with Gasteiger partial charge in [-0.2, -0.15) is 4.80 Å². The Labute approximate surface area is 187 Å². The fourth-order valence-corrected chi connectivity index (χ4v) is 3.68. The third-order valence-electron chi connectivity index (χ3n) is 5.49.